The Morgan fingerprint density at radius 1 is 1.33 bits per heavy atom. The molecule has 3 nitrogen and oxygen atoms in total. The zero-order valence-electron chi connectivity index (χ0n) is 3.80. The maximum atomic E-state index is 9.96. The third-order valence-electron chi connectivity index (χ3n) is 0.385. The Morgan fingerprint density at radius 3 is 1.67 bits per heavy atom. The molecule has 0 bridgehead atoms. The van der Waals surface area contributed by atoms with E-state index in [0.29, 0.717) is 0 Å². The van der Waals surface area contributed by atoms with E-state index >= 15 is 0 Å². The summed E-state index contributed by atoms with van der Waals surface area (Å²) in [6.45, 7) is 0. The summed E-state index contributed by atoms with van der Waals surface area (Å²) in [5.41, 5.74) is 0. The van der Waals surface area contributed by atoms with Crippen molar-refractivity contribution >= 4 is 9.53 Å². The molecule has 0 rings (SSSR count). The lowest BCUT2D eigenvalue weighted by Crippen LogP contribution is -2.15. The summed E-state index contributed by atoms with van der Waals surface area (Å²) in [5, 5.41) is 0. The summed E-state index contributed by atoms with van der Waals surface area (Å²) >= 11 is 0. The Kier molecular flexibility index (Phi) is 3.35. The third-order valence-corrected chi connectivity index (χ3v) is 1.15. The van der Waals surface area contributed by atoms with Gasteiger partial charge in [-0.25, -0.2) is 4.80 Å². The van der Waals surface area contributed by atoms with Crippen molar-refractivity contribution < 1.29 is 13.6 Å². The first-order valence-electron chi connectivity index (χ1n) is 1.52. The van der Waals surface area contributed by atoms with Gasteiger partial charge < -0.3 is 8.85 Å². The fourth-order valence-corrected chi connectivity index (χ4v) is 0.289. The van der Waals surface area contributed by atoms with E-state index in [1.807, 2.05) is 0 Å². The van der Waals surface area contributed by atoms with Crippen LogP contribution >= 0.6 is 0 Å². The molecule has 6 heavy (non-hydrogen) atoms. The van der Waals surface area contributed by atoms with Crippen LogP contribution in [0.15, 0.2) is 0 Å². The number of hydrogen-bond donors (Lipinski definition) is 0. The largest absolute Gasteiger partial charge is 0.512 e. The predicted molar refractivity (Wildman–Crippen MR) is 21.9 cm³/mol. The van der Waals surface area contributed by atoms with Crippen molar-refractivity contribution in [2.45, 2.75) is 0 Å². The minimum atomic E-state index is -2.41. The molecular weight excluding hydrogens is 100 g/mol. The first-order chi connectivity index (χ1) is 2.81. The number of rotatable bonds is 2. The highest BCUT2D eigenvalue weighted by Crippen LogP contribution is 1.73. The topological polar surface area (TPSA) is 38.4 Å². The second-order valence-corrected chi connectivity index (χ2v) is 2.28. The zero-order chi connectivity index (χ0) is 4.99. The van der Waals surface area contributed by atoms with Crippen LogP contribution in [0.5, 0.6) is 0 Å². The van der Waals surface area contributed by atoms with E-state index in [-0.39, 0.29) is 0 Å². The highest BCUT2D eigenvalue weighted by atomic mass is 28.3. The van der Waals surface area contributed by atoms with E-state index in [4.69, 9.17) is 0 Å². The lowest BCUT2D eigenvalue weighted by molar-refractivity contribution is 0.160. The van der Waals surface area contributed by atoms with Gasteiger partial charge in [0.2, 0.25) is 0 Å². The van der Waals surface area contributed by atoms with E-state index in [2.05, 4.69) is 8.85 Å². The van der Waals surface area contributed by atoms with Crippen molar-refractivity contribution in [1.82, 2.24) is 0 Å². The molecule has 0 amide bonds. The predicted octanol–water partition coefficient (Wildman–Crippen LogP) is -0.573. The molecule has 0 unspecified atom stereocenters. The molecule has 4 heteroatoms. The molecule has 0 atom stereocenters. The Bertz CT molecular complexity index is 28.0. The Hall–Kier alpha value is 0.0969. The minimum Gasteiger partial charge on any atom is -0.378 e. The number of hydrogen-bond acceptors (Lipinski definition) is 2. The van der Waals surface area contributed by atoms with Gasteiger partial charge in [-0.1, -0.05) is 0 Å². The van der Waals surface area contributed by atoms with E-state index in [9.17, 15) is 4.80 Å². The summed E-state index contributed by atoms with van der Waals surface area (Å²) in [6, 6.07) is 0. The van der Waals surface area contributed by atoms with Gasteiger partial charge in [0, 0.05) is 14.2 Å². The van der Waals surface area contributed by atoms with Crippen molar-refractivity contribution in [3.8, 4) is 0 Å². The molecule has 0 aliphatic heterocycles. The van der Waals surface area contributed by atoms with Crippen LogP contribution in [0.1, 0.15) is 0 Å². The first-order valence-corrected chi connectivity index (χ1v) is 2.94. The summed E-state index contributed by atoms with van der Waals surface area (Å²) in [5.74, 6) is 0. The van der Waals surface area contributed by atoms with Crippen LogP contribution < -0.4 is 0 Å². The SMILES string of the molecule is CO[SiH]([O])OC. The Morgan fingerprint density at radius 2 is 1.67 bits per heavy atom. The van der Waals surface area contributed by atoms with Crippen LogP contribution in [0.25, 0.3) is 0 Å². The molecule has 37 valence electrons. The van der Waals surface area contributed by atoms with Gasteiger partial charge in [-0.2, -0.15) is 0 Å². The molecule has 0 aromatic rings. The maximum Gasteiger partial charge on any atom is 0.512 e. The third kappa shape index (κ3) is 2.34. The lowest BCUT2D eigenvalue weighted by atomic mass is 11.8. The Balaban J connectivity index is 2.75. The standard InChI is InChI=1S/C2H7O3Si/c1-4-6(3)5-2/h6H,1-2H3. The molecule has 0 aromatic heterocycles. The van der Waals surface area contributed by atoms with Gasteiger partial charge in [-0.15, -0.1) is 0 Å². The lowest BCUT2D eigenvalue weighted by Gasteiger charge is -1.95. The molecule has 0 saturated carbocycles. The quantitative estimate of drug-likeness (QED) is 0.443. The average molecular weight is 107 g/mol. The normalized spacial score (nSPS) is 10.0. The van der Waals surface area contributed by atoms with Crippen LogP contribution in [0.4, 0.5) is 0 Å². The van der Waals surface area contributed by atoms with Crippen LogP contribution in [-0.4, -0.2) is 23.7 Å². The van der Waals surface area contributed by atoms with Gasteiger partial charge in [0.25, 0.3) is 0 Å². The molecular formula is C2H7O3Si. The van der Waals surface area contributed by atoms with Crippen molar-refractivity contribution in [3.63, 3.8) is 0 Å². The molecule has 1 radical (unpaired) electrons. The second kappa shape index (κ2) is 3.29. The summed E-state index contributed by atoms with van der Waals surface area (Å²) in [6.07, 6.45) is 0. The molecule has 0 heterocycles. The smallest absolute Gasteiger partial charge is 0.378 e. The van der Waals surface area contributed by atoms with Crippen LogP contribution in [0.2, 0.25) is 0 Å². The monoisotopic (exact) mass is 107 g/mol. The second-order valence-electron chi connectivity index (χ2n) is 0.760. The van der Waals surface area contributed by atoms with Crippen molar-refractivity contribution in [3.05, 3.63) is 0 Å². The molecule has 0 N–H and O–H groups in total. The molecule has 0 saturated heterocycles. The first kappa shape index (κ1) is 6.10. The van der Waals surface area contributed by atoms with E-state index in [0.717, 1.165) is 0 Å². The van der Waals surface area contributed by atoms with Gasteiger partial charge in [0.05, 0.1) is 0 Å². The van der Waals surface area contributed by atoms with Gasteiger partial charge in [0.1, 0.15) is 0 Å². The average Bonchev–Trinajstić information content (AvgIpc) is 1.65. The summed E-state index contributed by atoms with van der Waals surface area (Å²) < 4.78 is 8.52. The van der Waals surface area contributed by atoms with Crippen LogP contribution in [0, 0.1) is 0 Å². The zero-order valence-corrected chi connectivity index (χ0v) is 4.96. The van der Waals surface area contributed by atoms with E-state index < -0.39 is 9.53 Å². The molecule has 0 aliphatic carbocycles. The van der Waals surface area contributed by atoms with Gasteiger partial charge in [-0.3, -0.25) is 0 Å². The van der Waals surface area contributed by atoms with Gasteiger partial charge >= 0.3 is 9.53 Å². The fourth-order valence-electron chi connectivity index (χ4n) is 0.0962. The van der Waals surface area contributed by atoms with Gasteiger partial charge in [-0.05, 0) is 0 Å². The summed E-state index contributed by atoms with van der Waals surface area (Å²) in [4.78, 5) is 9.96. The van der Waals surface area contributed by atoms with Crippen molar-refractivity contribution in [2.75, 3.05) is 14.2 Å². The van der Waals surface area contributed by atoms with E-state index in [1.54, 1.807) is 0 Å². The van der Waals surface area contributed by atoms with Crippen LogP contribution in [-0.2, 0) is 13.6 Å². The van der Waals surface area contributed by atoms with Gasteiger partial charge in [0.15, 0.2) is 0 Å². The molecule has 0 aliphatic rings. The van der Waals surface area contributed by atoms with E-state index in [1.165, 1.54) is 14.2 Å². The minimum absolute atomic E-state index is 1.35. The summed E-state index contributed by atoms with van der Waals surface area (Å²) in [7, 11) is 0.299. The molecule has 0 fully saturated rings. The highest BCUT2D eigenvalue weighted by Gasteiger charge is 2.02. The van der Waals surface area contributed by atoms with Crippen LogP contribution in [0.3, 0.4) is 0 Å². The highest BCUT2D eigenvalue weighted by molar-refractivity contribution is 6.33. The molecule has 0 aromatic carbocycles. The Labute approximate surface area is 38.5 Å². The van der Waals surface area contributed by atoms with Crippen molar-refractivity contribution in [2.24, 2.45) is 0 Å². The maximum absolute atomic E-state index is 9.96. The molecule has 0 spiro atoms. The van der Waals surface area contributed by atoms with Crippen molar-refractivity contribution in [1.29, 1.82) is 0 Å². The fraction of sp³-hybridized carbons (Fsp3) is 1.00.